The molecule has 0 fully saturated rings. The molecule has 2 amide bonds. The summed E-state index contributed by atoms with van der Waals surface area (Å²) < 4.78 is 2.58. The largest absolute Gasteiger partial charge is 0.370 e. The van der Waals surface area contributed by atoms with Crippen molar-refractivity contribution in [3.05, 3.63) is 46.0 Å². The summed E-state index contributed by atoms with van der Waals surface area (Å²) in [5.74, 6) is 0.832. The number of carbonyl (C=O) groups is 1. The van der Waals surface area contributed by atoms with E-state index in [-0.39, 0.29) is 11.6 Å². The Labute approximate surface area is 189 Å². The second-order valence-electron chi connectivity index (χ2n) is 8.00. The summed E-state index contributed by atoms with van der Waals surface area (Å²) >= 11 is 9.88. The van der Waals surface area contributed by atoms with Crippen molar-refractivity contribution in [1.29, 1.82) is 0 Å². The molecule has 1 aromatic carbocycles. The molecule has 0 bridgehead atoms. The van der Waals surface area contributed by atoms with Crippen molar-refractivity contribution in [2.24, 2.45) is 0 Å². The first-order chi connectivity index (χ1) is 14.2. The second kappa shape index (κ2) is 9.66. The van der Waals surface area contributed by atoms with Gasteiger partial charge >= 0.3 is 6.03 Å². The van der Waals surface area contributed by atoms with Crippen molar-refractivity contribution >= 4 is 45.0 Å². The Morgan fingerprint density at radius 1 is 1.20 bits per heavy atom. The van der Waals surface area contributed by atoms with E-state index in [2.05, 4.69) is 37.0 Å². The minimum atomic E-state index is -0.240. The van der Waals surface area contributed by atoms with Crippen LogP contribution in [0.1, 0.15) is 33.6 Å². The van der Waals surface area contributed by atoms with Crippen molar-refractivity contribution in [1.82, 2.24) is 25.2 Å². The molecule has 160 valence electrons. The standard InChI is InChI=1S/C21H26BrClN6O/c1-21(2,3)28-20(30)25-11-7-6-10-24-18-12-17(14-8-4-5-9-16(14)23)27-19-15(22)13-26-29(18)19/h4-5,8-9,12-13,24H,6-7,10-11H2,1-3H3,(H2,25,28,30). The first-order valence-electron chi connectivity index (χ1n) is 9.84. The highest BCUT2D eigenvalue weighted by molar-refractivity contribution is 9.10. The van der Waals surface area contributed by atoms with E-state index < -0.39 is 0 Å². The number of benzene rings is 1. The molecule has 0 saturated heterocycles. The molecular weight excluding hydrogens is 468 g/mol. The number of amides is 2. The molecular formula is C21H26BrClN6O. The number of rotatable bonds is 7. The predicted octanol–water partition coefficient (Wildman–Crippen LogP) is 5.10. The van der Waals surface area contributed by atoms with E-state index in [0.717, 1.165) is 46.6 Å². The lowest BCUT2D eigenvalue weighted by Gasteiger charge is -2.20. The normalized spacial score (nSPS) is 11.5. The summed E-state index contributed by atoms with van der Waals surface area (Å²) in [4.78, 5) is 16.5. The van der Waals surface area contributed by atoms with E-state index in [4.69, 9.17) is 16.6 Å². The number of nitrogens with one attached hydrogen (secondary N) is 3. The van der Waals surface area contributed by atoms with Gasteiger partial charge in [-0.25, -0.2) is 9.78 Å². The molecule has 0 saturated carbocycles. The molecule has 7 nitrogen and oxygen atoms in total. The lowest BCUT2D eigenvalue weighted by Crippen LogP contribution is -2.46. The first-order valence-corrected chi connectivity index (χ1v) is 11.0. The van der Waals surface area contributed by atoms with Gasteiger partial charge in [0, 0.05) is 35.3 Å². The molecule has 2 aromatic heterocycles. The van der Waals surface area contributed by atoms with Gasteiger partial charge in [-0.1, -0.05) is 29.8 Å². The van der Waals surface area contributed by atoms with Crippen molar-refractivity contribution in [2.45, 2.75) is 39.2 Å². The molecule has 2 heterocycles. The highest BCUT2D eigenvalue weighted by atomic mass is 79.9. The Morgan fingerprint density at radius 2 is 1.93 bits per heavy atom. The van der Waals surface area contributed by atoms with Crippen molar-refractivity contribution in [2.75, 3.05) is 18.4 Å². The first kappa shape index (κ1) is 22.4. The van der Waals surface area contributed by atoms with E-state index in [9.17, 15) is 4.79 Å². The third-order valence-electron chi connectivity index (χ3n) is 4.26. The zero-order valence-electron chi connectivity index (χ0n) is 17.3. The van der Waals surface area contributed by atoms with Crippen LogP contribution < -0.4 is 16.0 Å². The number of anilines is 1. The number of fused-ring (bicyclic) bond motifs is 1. The predicted molar refractivity (Wildman–Crippen MR) is 125 cm³/mol. The zero-order valence-corrected chi connectivity index (χ0v) is 19.6. The highest BCUT2D eigenvalue weighted by Gasteiger charge is 2.14. The third-order valence-corrected chi connectivity index (χ3v) is 5.15. The van der Waals surface area contributed by atoms with Gasteiger partial charge in [-0.3, -0.25) is 0 Å². The van der Waals surface area contributed by atoms with Crippen LogP contribution in [0.4, 0.5) is 10.6 Å². The molecule has 0 radical (unpaired) electrons. The number of urea groups is 1. The van der Waals surface area contributed by atoms with Gasteiger partial charge in [-0.15, -0.1) is 0 Å². The van der Waals surface area contributed by atoms with Gasteiger partial charge in [-0.2, -0.15) is 9.61 Å². The van der Waals surface area contributed by atoms with E-state index in [1.54, 1.807) is 10.7 Å². The van der Waals surface area contributed by atoms with Crippen molar-refractivity contribution in [3.8, 4) is 11.3 Å². The molecule has 0 unspecified atom stereocenters. The van der Waals surface area contributed by atoms with E-state index in [1.165, 1.54) is 0 Å². The van der Waals surface area contributed by atoms with Crippen LogP contribution >= 0.6 is 27.5 Å². The van der Waals surface area contributed by atoms with E-state index >= 15 is 0 Å². The highest BCUT2D eigenvalue weighted by Crippen LogP contribution is 2.30. The average Bonchev–Trinajstić information content (AvgIpc) is 3.04. The molecule has 3 aromatic rings. The quantitative estimate of drug-likeness (QED) is 0.400. The molecule has 0 aliphatic heterocycles. The van der Waals surface area contributed by atoms with Crippen LogP contribution in [0, 0.1) is 0 Å². The lowest BCUT2D eigenvalue weighted by molar-refractivity contribution is 0.232. The number of hydrogen-bond acceptors (Lipinski definition) is 4. The van der Waals surface area contributed by atoms with Crippen LogP contribution in [0.25, 0.3) is 16.9 Å². The molecule has 3 rings (SSSR count). The van der Waals surface area contributed by atoms with Crippen LogP contribution in [0.15, 0.2) is 41.0 Å². The van der Waals surface area contributed by atoms with Gasteiger partial charge in [-0.05, 0) is 55.6 Å². The van der Waals surface area contributed by atoms with Gasteiger partial charge in [0.2, 0.25) is 0 Å². The van der Waals surface area contributed by atoms with Gasteiger partial charge in [0.15, 0.2) is 5.65 Å². The number of hydrogen-bond donors (Lipinski definition) is 3. The summed E-state index contributed by atoms with van der Waals surface area (Å²) in [5, 5.41) is 14.2. The van der Waals surface area contributed by atoms with Crippen molar-refractivity contribution < 1.29 is 4.79 Å². The van der Waals surface area contributed by atoms with Gasteiger partial charge in [0.05, 0.1) is 16.4 Å². The second-order valence-corrected chi connectivity index (χ2v) is 9.26. The number of aromatic nitrogens is 3. The van der Waals surface area contributed by atoms with E-state index in [1.807, 2.05) is 51.1 Å². The summed E-state index contributed by atoms with van der Waals surface area (Å²) in [6.07, 6.45) is 3.48. The van der Waals surface area contributed by atoms with Gasteiger partial charge in [0.25, 0.3) is 0 Å². The Balaban J connectivity index is 1.62. The molecule has 0 spiro atoms. The molecule has 3 N–H and O–H groups in total. The Bertz CT molecular complexity index is 1030. The maximum absolute atomic E-state index is 11.8. The Kier molecular flexibility index (Phi) is 7.20. The summed E-state index contributed by atoms with van der Waals surface area (Å²) in [6, 6.07) is 9.44. The van der Waals surface area contributed by atoms with Crippen LogP contribution in [0.5, 0.6) is 0 Å². The van der Waals surface area contributed by atoms with Crippen LogP contribution in [0.3, 0.4) is 0 Å². The SMILES string of the molecule is CC(C)(C)NC(=O)NCCCCNc1cc(-c2ccccc2Cl)nc2c(Br)cnn12. The van der Waals surface area contributed by atoms with Gasteiger partial charge < -0.3 is 16.0 Å². The van der Waals surface area contributed by atoms with E-state index in [0.29, 0.717) is 11.6 Å². The summed E-state index contributed by atoms with van der Waals surface area (Å²) in [7, 11) is 0. The maximum atomic E-state index is 11.8. The fourth-order valence-electron chi connectivity index (χ4n) is 2.92. The fourth-order valence-corrected chi connectivity index (χ4v) is 3.50. The number of carbonyl (C=O) groups excluding carboxylic acids is 1. The molecule has 9 heteroatoms. The molecule has 0 aliphatic carbocycles. The third kappa shape index (κ3) is 5.86. The number of nitrogens with zero attached hydrogens (tertiary/aromatic N) is 3. The Morgan fingerprint density at radius 3 is 2.67 bits per heavy atom. The zero-order chi connectivity index (χ0) is 21.7. The summed E-state index contributed by atoms with van der Waals surface area (Å²) in [6.45, 7) is 7.22. The average molecular weight is 494 g/mol. The minimum absolute atomic E-state index is 0.142. The van der Waals surface area contributed by atoms with Crippen LogP contribution in [-0.2, 0) is 0 Å². The van der Waals surface area contributed by atoms with Crippen LogP contribution in [-0.4, -0.2) is 39.3 Å². The van der Waals surface area contributed by atoms with Crippen LogP contribution in [0.2, 0.25) is 5.02 Å². The lowest BCUT2D eigenvalue weighted by atomic mass is 10.1. The molecule has 0 atom stereocenters. The molecule has 0 aliphatic rings. The monoisotopic (exact) mass is 492 g/mol. The van der Waals surface area contributed by atoms with Crippen molar-refractivity contribution in [3.63, 3.8) is 0 Å². The summed E-state index contributed by atoms with van der Waals surface area (Å²) in [5.41, 5.74) is 2.12. The Hall–Kier alpha value is -2.32. The number of halogens is 2. The topological polar surface area (TPSA) is 83.4 Å². The van der Waals surface area contributed by atoms with Gasteiger partial charge in [0.1, 0.15) is 5.82 Å². The molecule has 30 heavy (non-hydrogen) atoms. The maximum Gasteiger partial charge on any atom is 0.315 e. The fraction of sp³-hybridized carbons (Fsp3) is 0.381. The smallest absolute Gasteiger partial charge is 0.315 e. The number of unbranched alkanes of at least 4 members (excludes halogenated alkanes) is 1. The minimum Gasteiger partial charge on any atom is -0.370 e.